The molecule has 1 aromatic heterocycles. The molecule has 3 aromatic rings. The van der Waals surface area contributed by atoms with Gasteiger partial charge >= 0.3 is 0 Å². The Labute approximate surface area is 134 Å². The van der Waals surface area contributed by atoms with E-state index < -0.39 is 5.76 Å². The van der Waals surface area contributed by atoms with E-state index in [1.807, 2.05) is 24.3 Å². The molecule has 1 amide bonds. The lowest BCUT2D eigenvalue weighted by Crippen LogP contribution is -2.10. The highest BCUT2D eigenvalue weighted by Gasteiger charge is 2.14. The van der Waals surface area contributed by atoms with Crippen LogP contribution in [-0.4, -0.2) is 11.7 Å². The van der Waals surface area contributed by atoms with Crippen LogP contribution in [0, 0.1) is 0 Å². The van der Waals surface area contributed by atoms with Crippen molar-refractivity contribution in [1.29, 1.82) is 0 Å². The Hall–Kier alpha value is -1.92. The fourth-order valence-corrected chi connectivity index (χ4v) is 3.60. The molecular formula is C16H11F2NOS2. The Morgan fingerprint density at radius 3 is 2.59 bits per heavy atom. The molecule has 2 nitrogen and oxygen atoms in total. The molecule has 0 atom stereocenters. The molecule has 3 rings (SSSR count). The summed E-state index contributed by atoms with van der Waals surface area (Å²) < 4.78 is 26.1. The lowest BCUT2D eigenvalue weighted by molar-refractivity contribution is 0.103. The number of carbonyl (C=O) groups is 1. The summed E-state index contributed by atoms with van der Waals surface area (Å²) in [6.07, 6.45) is 0. The number of para-hydroxylation sites is 1. The minimum absolute atomic E-state index is 0.288. The van der Waals surface area contributed by atoms with Gasteiger partial charge < -0.3 is 5.32 Å². The minimum atomic E-state index is -2.53. The summed E-state index contributed by atoms with van der Waals surface area (Å²) in [6.45, 7) is 0. The molecule has 0 aliphatic heterocycles. The molecule has 112 valence electrons. The molecule has 22 heavy (non-hydrogen) atoms. The second-order valence-corrected chi connectivity index (χ2v) is 6.59. The van der Waals surface area contributed by atoms with Gasteiger partial charge in [-0.3, -0.25) is 4.79 Å². The van der Waals surface area contributed by atoms with E-state index in [9.17, 15) is 13.6 Å². The third-order valence-corrected chi connectivity index (χ3v) is 4.90. The zero-order valence-electron chi connectivity index (χ0n) is 11.3. The van der Waals surface area contributed by atoms with Crippen molar-refractivity contribution in [3.8, 4) is 0 Å². The molecule has 0 aliphatic rings. The van der Waals surface area contributed by atoms with Crippen molar-refractivity contribution in [2.75, 3.05) is 5.32 Å². The third kappa shape index (κ3) is 3.28. The van der Waals surface area contributed by atoms with E-state index in [2.05, 4.69) is 5.32 Å². The minimum Gasteiger partial charge on any atom is -0.320 e. The number of thiophene rings is 1. The van der Waals surface area contributed by atoms with Gasteiger partial charge in [0.25, 0.3) is 11.7 Å². The van der Waals surface area contributed by atoms with Crippen LogP contribution in [0.15, 0.2) is 59.5 Å². The lowest BCUT2D eigenvalue weighted by Gasteiger charge is -2.09. The van der Waals surface area contributed by atoms with Crippen LogP contribution in [0.25, 0.3) is 10.1 Å². The van der Waals surface area contributed by atoms with Crippen molar-refractivity contribution in [1.82, 2.24) is 0 Å². The number of hydrogen-bond donors (Lipinski definition) is 1. The van der Waals surface area contributed by atoms with Gasteiger partial charge in [0.05, 0.1) is 10.6 Å². The van der Waals surface area contributed by atoms with Gasteiger partial charge in [0.1, 0.15) is 0 Å². The predicted molar refractivity (Wildman–Crippen MR) is 88.1 cm³/mol. The van der Waals surface area contributed by atoms with E-state index >= 15 is 0 Å². The first-order chi connectivity index (χ1) is 10.6. The fraction of sp³-hybridized carbons (Fsp3) is 0.0625. The summed E-state index contributed by atoms with van der Waals surface area (Å²) in [4.78, 5) is 13.2. The van der Waals surface area contributed by atoms with Gasteiger partial charge in [-0.15, -0.1) is 11.3 Å². The van der Waals surface area contributed by atoms with Gasteiger partial charge in [0.15, 0.2) is 0 Å². The molecule has 0 spiro atoms. The topological polar surface area (TPSA) is 29.1 Å². The molecule has 1 N–H and O–H groups in total. The first kappa shape index (κ1) is 15.0. The number of benzene rings is 2. The maximum atomic E-state index is 12.6. The molecule has 0 radical (unpaired) electrons. The number of fused-ring (bicyclic) bond motifs is 1. The number of carbonyl (C=O) groups excluding carboxylic acids is 1. The standard InChI is InChI=1S/C16H11F2NOS2/c17-16(18)22-13-8-4-2-6-11(13)19-15(20)14-9-10-5-1-3-7-12(10)21-14/h1-9,16H,(H,19,20). The Balaban J connectivity index is 1.85. The molecule has 2 aromatic carbocycles. The molecule has 0 aliphatic carbocycles. The van der Waals surface area contributed by atoms with Gasteiger partial charge in [-0.2, -0.15) is 8.78 Å². The zero-order valence-corrected chi connectivity index (χ0v) is 12.9. The highest BCUT2D eigenvalue weighted by Crippen LogP contribution is 2.32. The molecule has 0 saturated carbocycles. The largest absolute Gasteiger partial charge is 0.320 e. The monoisotopic (exact) mass is 335 g/mol. The van der Waals surface area contributed by atoms with Crippen LogP contribution in [0.1, 0.15) is 9.67 Å². The van der Waals surface area contributed by atoms with E-state index in [1.165, 1.54) is 11.3 Å². The zero-order chi connectivity index (χ0) is 15.5. The van der Waals surface area contributed by atoms with Gasteiger partial charge in [-0.05, 0) is 29.7 Å². The number of nitrogens with one attached hydrogen (secondary N) is 1. The highest BCUT2D eigenvalue weighted by atomic mass is 32.2. The van der Waals surface area contributed by atoms with Crippen LogP contribution < -0.4 is 5.32 Å². The Kier molecular flexibility index (Phi) is 4.40. The predicted octanol–water partition coefficient (Wildman–Crippen LogP) is 5.47. The van der Waals surface area contributed by atoms with Crippen LogP contribution >= 0.6 is 23.1 Å². The number of thioether (sulfide) groups is 1. The third-order valence-electron chi connectivity index (χ3n) is 3.00. The SMILES string of the molecule is O=C(Nc1ccccc1SC(F)F)c1cc2ccccc2s1. The van der Waals surface area contributed by atoms with Crippen LogP contribution in [0.5, 0.6) is 0 Å². The number of halogens is 2. The lowest BCUT2D eigenvalue weighted by atomic mass is 10.2. The van der Waals surface area contributed by atoms with Gasteiger partial charge in [0.2, 0.25) is 0 Å². The first-order valence-electron chi connectivity index (χ1n) is 6.47. The Morgan fingerprint density at radius 2 is 1.82 bits per heavy atom. The second kappa shape index (κ2) is 6.46. The Bertz CT molecular complexity index is 784. The molecule has 0 saturated heterocycles. The van der Waals surface area contributed by atoms with Crippen molar-refractivity contribution in [2.45, 2.75) is 10.7 Å². The maximum Gasteiger partial charge on any atom is 0.288 e. The van der Waals surface area contributed by atoms with Crippen LogP contribution in [0.4, 0.5) is 14.5 Å². The normalized spacial score (nSPS) is 11.0. The summed E-state index contributed by atoms with van der Waals surface area (Å²) in [5.74, 6) is -2.81. The maximum absolute atomic E-state index is 12.6. The molecule has 0 unspecified atom stereocenters. The fourth-order valence-electron chi connectivity index (χ4n) is 2.05. The number of alkyl halides is 2. The summed E-state index contributed by atoms with van der Waals surface area (Å²) in [6, 6.07) is 16.1. The summed E-state index contributed by atoms with van der Waals surface area (Å²) in [5, 5.41) is 3.70. The molecule has 6 heteroatoms. The smallest absolute Gasteiger partial charge is 0.288 e. The molecular weight excluding hydrogens is 324 g/mol. The number of hydrogen-bond acceptors (Lipinski definition) is 3. The summed E-state index contributed by atoms with van der Waals surface area (Å²) in [5.41, 5.74) is 0.398. The Morgan fingerprint density at radius 1 is 1.09 bits per heavy atom. The van der Waals surface area contributed by atoms with Crippen LogP contribution in [0.3, 0.4) is 0 Å². The molecule has 0 fully saturated rings. The van der Waals surface area contributed by atoms with E-state index in [0.717, 1.165) is 10.1 Å². The first-order valence-corrected chi connectivity index (χ1v) is 8.17. The second-order valence-electron chi connectivity index (χ2n) is 4.48. The van der Waals surface area contributed by atoms with Crippen LogP contribution in [0.2, 0.25) is 0 Å². The summed E-state index contributed by atoms with van der Waals surface area (Å²) in [7, 11) is 0. The van der Waals surface area contributed by atoms with Crippen LogP contribution in [-0.2, 0) is 0 Å². The van der Waals surface area contributed by atoms with Crippen molar-refractivity contribution in [2.24, 2.45) is 0 Å². The van der Waals surface area contributed by atoms with Gasteiger partial charge in [-0.25, -0.2) is 0 Å². The van der Waals surface area contributed by atoms with Gasteiger partial charge in [0, 0.05) is 9.60 Å². The van der Waals surface area contributed by atoms with Crippen molar-refractivity contribution in [3.63, 3.8) is 0 Å². The summed E-state index contributed by atoms with van der Waals surface area (Å²) >= 11 is 1.80. The average molecular weight is 335 g/mol. The van der Waals surface area contributed by atoms with E-state index in [-0.39, 0.29) is 5.91 Å². The average Bonchev–Trinajstić information content (AvgIpc) is 2.93. The quantitative estimate of drug-likeness (QED) is 0.641. The number of rotatable bonds is 4. The van der Waals surface area contributed by atoms with Gasteiger partial charge in [-0.1, -0.05) is 42.1 Å². The van der Waals surface area contributed by atoms with E-state index in [1.54, 1.807) is 30.3 Å². The van der Waals surface area contributed by atoms with E-state index in [0.29, 0.717) is 27.2 Å². The highest BCUT2D eigenvalue weighted by molar-refractivity contribution is 7.99. The van der Waals surface area contributed by atoms with E-state index in [4.69, 9.17) is 0 Å². The number of amides is 1. The number of anilines is 1. The molecule has 1 heterocycles. The van der Waals surface area contributed by atoms with Crippen molar-refractivity contribution < 1.29 is 13.6 Å². The van der Waals surface area contributed by atoms with Crippen molar-refractivity contribution in [3.05, 3.63) is 59.5 Å². The molecule has 0 bridgehead atoms. The van der Waals surface area contributed by atoms with Crippen molar-refractivity contribution >= 4 is 44.8 Å².